The summed E-state index contributed by atoms with van der Waals surface area (Å²) >= 11 is 0. The number of hydrogen-bond donors (Lipinski definition) is 1. The minimum atomic E-state index is 0.768. The molecule has 0 atom stereocenters. The molecule has 0 aliphatic heterocycles. The zero-order chi connectivity index (χ0) is 13.9. The van der Waals surface area contributed by atoms with Crippen molar-refractivity contribution in [3.63, 3.8) is 0 Å². The van der Waals surface area contributed by atoms with Gasteiger partial charge >= 0.3 is 0 Å². The van der Waals surface area contributed by atoms with Gasteiger partial charge in [-0.15, -0.1) is 0 Å². The lowest BCUT2D eigenvalue weighted by Crippen LogP contribution is -2.20. The van der Waals surface area contributed by atoms with Crippen molar-refractivity contribution in [1.82, 2.24) is 14.9 Å². The fourth-order valence-electron chi connectivity index (χ4n) is 2.46. The minimum absolute atomic E-state index is 0.768. The monoisotopic (exact) mass is 269 g/mol. The molecular formula is C16H19N3O. The summed E-state index contributed by atoms with van der Waals surface area (Å²) in [4.78, 5) is 4.57. The first kappa shape index (κ1) is 12.9. The van der Waals surface area contributed by atoms with Gasteiger partial charge in [-0.3, -0.25) is 0 Å². The third kappa shape index (κ3) is 2.47. The molecule has 1 N–H and O–H groups in total. The second kappa shape index (κ2) is 5.51. The molecule has 20 heavy (non-hydrogen) atoms. The normalized spacial score (nSPS) is 11.3. The standard InChI is InChI=1S/C16H19N3O/c1-12-7-10-20-16(12)11-17-8-9-19-13(2)18-14-5-3-4-6-15(14)19/h3-7,10,17H,8-9,11H2,1-2H3. The zero-order valence-electron chi connectivity index (χ0n) is 11.9. The van der Waals surface area contributed by atoms with Crippen LogP contribution in [0.15, 0.2) is 41.0 Å². The predicted molar refractivity (Wildman–Crippen MR) is 79.6 cm³/mol. The van der Waals surface area contributed by atoms with E-state index < -0.39 is 0 Å². The third-order valence-corrected chi connectivity index (χ3v) is 3.61. The van der Waals surface area contributed by atoms with Gasteiger partial charge in [-0.1, -0.05) is 12.1 Å². The molecule has 4 heteroatoms. The number of benzene rings is 1. The van der Waals surface area contributed by atoms with E-state index in [2.05, 4.69) is 46.9 Å². The molecule has 104 valence electrons. The lowest BCUT2D eigenvalue weighted by Gasteiger charge is -2.08. The van der Waals surface area contributed by atoms with Crippen LogP contribution < -0.4 is 5.32 Å². The molecular weight excluding hydrogens is 250 g/mol. The number of imidazole rings is 1. The van der Waals surface area contributed by atoms with E-state index in [-0.39, 0.29) is 0 Å². The first-order valence-electron chi connectivity index (χ1n) is 6.91. The van der Waals surface area contributed by atoms with E-state index >= 15 is 0 Å². The highest BCUT2D eigenvalue weighted by atomic mass is 16.3. The molecule has 0 aliphatic carbocycles. The van der Waals surface area contributed by atoms with Crippen LogP contribution in [-0.4, -0.2) is 16.1 Å². The summed E-state index contributed by atoms with van der Waals surface area (Å²) in [7, 11) is 0. The minimum Gasteiger partial charge on any atom is -0.468 e. The van der Waals surface area contributed by atoms with E-state index in [0.29, 0.717) is 0 Å². The number of hydrogen-bond acceptors (Lipinski definition) is 3. The summed E-state index contributed by atoms with van der Waals surface area (Å²) < 4.78 is 7.66. The van der Waals surface area contributed by atoms with Crippen LogP contribution in [0.2, 0.25) is 0 Å². The Morgan fingerprint density at radius 2 is 2.05 bits per heavy atom. The summed E-state index contributed by atoms with van der Waals surface area (Å²) in [5.41, 5.74) is 3.45. The molecule has 3 aromatic rings. The van der Waals surface area contributed by atoms with Crippen LogP contribution in [0.1, 0.15) is 17.1 Å². The molecule has 0 spiro atoms. The second-order valence-electron chi connectivity index (χ2n) is 5.00. The van der Waals surface area contributed by atoms with E-state index in [9.17, 15) is 0 Å². The average molecular weight is 269 g/mol. The van der Waals surface area contributed by atoms with Gasteiger partial charge in [-0.05, 0) is 37.6 Å². The molecule has 0 radical (unpaired) electrons. The molecule has 0 bridgehead atoms. The van der Waals surface area contributed by atoms with Crippen LogP contribution in [0, 0.1) is 13.8 Å². The maximum Gasteiger partial charge on any atom is 0.120 e. The molecule has 0 aliphatic rings. The van der Waals surface area contributed by atoms with Crippen LogP contribution in [0.4, 0.5) is 0 Å². The number of aryl methyl sites for hydroxylation is 2. The van der Waals surface area contributed by atoms with Gasteiger partial charge in [0.1, 0.15) is 11.6 Å². The van der Waals surface area contributed by atoms with Gasteiger partial charge in [0.25, 0.3) is 0 Å². The molecule has 1 aromatic carbocycles. The number of nitrogens with one attached hydrogen (secondary N) is 1. The van der Waals surface area contributed by atoms with Crippen molar-refractivity contribution in [3.8, 4) is 0 Å². The molecule has 4 nitrogen and oxygen atoms in total. The highest BCUT2D eigenvalue weighted by Crippen LogP contribution is 2.15. The number of rotatable bonds is 5. The maximum absolute atomic E-state index is 5.41. The molecule has 2 aromatic heterocycles. The lowest BCUT2D eigenvalue weighted by atomic mass is 10.3. The van der Waals surface area contributed by atoms with Crippen molar-refractivity contribution in [2.45, 2.75) is 26.9 Å². The van der Waals surface area contributed by atoms with Gasteiger partial charge in [0.05, 0.1) is 23.8 Å². The second-order valence-corrected chi connectivity index (χ2v) is 5.00. The summed E-state index contributed by atoms with van der Waals surface area (Å²) in [6.07, 6.45) is 1.74. The highest BCUT2D eigenvalue weighted by Gasteiger charge is 2.06. The fourth-order valence-corrected chi connectivity index (χ4v) is 2.46. The van der Waals surface area contributed by atoms with Crippen molar-refractivity contribution >= 4 is 11.0 Å². The Hall–Kier alpha value is -2.07. The first-order valence-corrected chi connectivity index (χ1v) is 6.91. The van der Waals surface area contributed by atoms with Crippen LogP contribution in [-0.2, 0) is 13.1 Å². The summed E-state index contributed by atoms with van der Waals surface area (Å²) in [5, 5.41) is 3.42. The van der Waals surface area contributed by atoms with Crippen molar-refractivity contribution in [3.05, 3.63) is 53.7 Å². The Morgan fingerprint density at radius 1 is 1.20 bits per heavy atom. The molecule has 0 saturated heterocycles. The lowest BCUT2D eigenvalue weighted by molar-refractivity contribution is 0.473. The van der Waals surface area contributed by atoms with Crippen LogP contribution in [0.3, 0.4) is 0 Å². The first-order chi connectivity index (χ1) is 9.75. The van der Waals surface area contributed by atoms with Crippen molar-refractivity contribution in [1.29, 1.82) is 0 Å². The molecule has 0 unspecified atom stereocenters. The fraction of sp³-hybridized carbons (Fsp3) is 0.312. The topological polar surface area (TPSA) is 43.0 Å². The quantitative estimate of drug-likeness (QED) is 0.724. The molecule has 3 rings (SSSR count). The largest absolute Gasteiger partial charge is 0.468 e. The molecule has 0 saturated carbocycles. The smallest absolute Gasteiger partial charge is 0.120 e. The van der Waals surface area contributed by atoms with E-state index in [1.165, 1.54) is 11.1 Å². The van der Waals surface area contributed by atoms with Crippen LogP contribution in [0.25, 0.3) is 11.0 Å². The maximum atomic E-state index is 5.41. The van der Waals surface area contributed by atoms with E-state index in [1.807, 2.05) is 12.1 Å². The Bertz CT molecular complexity index is 711. The van der Waals surface area contributed by atoms with E-state index in [0.717, 1.165) is 36.7 Å². The van der Waals surface area contributed by atoms with Gasteiger partial charge in [-0.2, -0.15) is 0 Å². The van der Waals surface area contributed by atoms with E-state index in [4.69, 9.17) is 4.42 Å². The average Bonchev–Trinajstić information content (AvgIpc) is 2.98. The third-order valence-electron chi connectivity index (χ3n) is 3.61. The van der Waals surface area contributed by atoms with Crippen LogP contribution >= 0.6 is 0 Å². The summed E-state index contributed by atoms with van der Waals surface area (Å²) in [6, 6.07) is 10.2. The number of para-hydroxylation sites is 2. The van der Waals surface area contributed by atoms with Gasteiger partial charge in [0.2, 0.25) is 0 Å². The number of nitrogens with zero attached hydrogens (tertiary/aromatic N) is 2. The summed E-state index contributed by atoms with van der Waals surface area (Å²) in [6.45, 7) is 6.68. The summed E-state index contributed by atoms with van der Waals surface area (Å²) in [5.74, 6) is 2.07. The predicted octanol–water partition coefficient (Wildman–Crippen LogP) is 3.04. The Labute approximate surface area is 118 Å². The number of aromatic nitrogens is 2. The van der Waals surface area contributed by atoms with Crippen molar-refractivity contribution in [2.24, 2.45) is 0 Å². The van der Waals surface area contributed by atoms with Gasteiger partial charge in [-0.25, -0.2) is 4.98 Å². The number of furan rings is 1. The zero-order valence-corrected chi connectivity index (χ0v) is 11.9. The molecule has 0 fully saturated rings. The van der Waals surface area contributed by atoms with Crippen molar-refractivity contribution < 1.29 is 4.42 Å². The van der Waals surface area contributed by atoms with E-state index in [1.54, 1.807) is 6.26 Å². The Balaban J connectivity index is 1.63. The Morgan fingerprint density at radius 3 is 2.85 bits per heavy atom. The van der Waals surface area contributed by atoms with Gasteiger partial charge < -0.3 is 14.3 Å². The van der Waals surface area contributed by atoms with Crippen LogP contribution in [0.5, 0.6) is 0 Å². The van der Waals surface area contributed by atoms with Gasteiger partial charge in [0.15, 0.2) is 0 Å². The number of fused-ring (bicyclic) bond motifs is 1. The molecule has 0 amide bonds. The molecule has 2 heterocycles. The SMILES string of the molecule is Cc1ccoc1CNCCn1c(C)nc2ccccc21. The van der Waals surface area contributed by atoms with Gasteiger partial charge in [0, 0.05) is 13.1 Å². The Kier molecular flexibility index (Phi) is 3.56. The highest BCUT2D eigenvalue weighted by molar-refractivity contribution is 5.75. The van der Waals surface area contributed by atoms with Crippen molar-refractivity contribution in [2.75, 3.05) is 6.54 Å².